The molecule has 5 rings (SSSR count). The first-order valence-electron chi connectivity index (χ1n) is 11.8. The number of aliphatic imine (C=N–C) groups is 3. The molecule has 3 heterocycles. The van der Waals surface area contributed by atoms with Crippen LogP contribution in [0, 0.1) is 11.8 Å². The number of nitrogens with zero attached hydrogens (tertiary/aromatic N) is 4. The number of amidine groups is 2. The molecule has 2 unspecified atom stereocenters. The van der Waals surface area contributed by atoms with E-state index >= 15 is 0 Å². The Labute approximate surface area is 196 Å². The molecule has 0 bridgehead atoms. The minimum atomic E-state index is -4.36. The maximum atomic E-state index is 13.5. The smallest absolute Gasteiger partial charge is 0.396 e. The van der Waals surface area contributed by atoms with Crippen LogP contribution in [-0.2, 0) is 11.0 Å². The van der Waals surface area contributed by atoms with Gasteiger partial charge in [0, 0.05) is 25.9 Å². The number of fused-ring (bicyclic) bond motifs is 2. The van der Waals surface area contributed by atoms with Gasteiger partial charge in [-0.2, -0.15) is 13.2 Å². The van der Waals surface area contributed by atoms with E-state index in [-0.39, 0.29) is 42.1 Å². The van der Waals surface area contributed by atoms with E-state index < -0.39 is 11.7 Å². The van der Waals surface area contributed by atoms with Gasteiger partial charge in [0.25, 0.3) is 5.91 Å². The number of amides is 1. The van der Waals surface area contributed by atoms with Gasteiger partial charge >= 0.3 is 6.18 Å². The Morgan fingerprint density at radius 3 is 2.59 bits per heavy atom. The van der Waals surface area contributed by atoms with Gasteiger partial charge in [0.05, 0.1) is 5.56 Å². The van der Waals surface area contributed by atoms with E-state index in [1.54, 1.807) is 23.2 Å². The van der Waals surface area contributed by atoms with Crippen molar-refractivity contribution < 1.29 is 23.1 Å². The second-order valence-electron chi connectivity index (χ2n) is 9.51. The molecular weight excluding hydrogens is 445 g/mol. The van der Waals surface area contributed by atoms with Gasteiger partial charge in [-0.25, -0.2) is 9.98 Å². The molecule has 34 heavy (non-hydrogen) atoms. The summed E-state index contributed by atoms with van der Waals surface area (Å²) in [6.45, 7) is 1.09. The third-order valence-electron chi connectivity index (χ3n) is 7.34. The highest BCUT2D eigenvalue weighted by atomic mass is 19.4. The monoisotopic (exact) mass is 472 g/mol. The highest BCUT2D eigenvalue weighted by Crippen LogP contribution is 2.48. The van der Waals surface area contributed by atoms with Gasteiger partial charge < -0.3 is 10.0 Å². The number of hydrogen-bond acceptors (Lipinski definition) is 5. The number of carbonyl (C=O) groups excluding carboxylic acids is 1. The summed E-state index contributed by atoms with van der Waals surface area (Å²) in [5.74, 6) is 0.694. The highest BCUT2D eigenvalue weighted by Gasteiger charge is 2.46. The fraction of sp³-hybridized carbons (Fsp3) is 0.520. The number of halogens is 3. The van der Waals surface area contributed by atoms with Crippen LogP contribution < -0.4 is 0 Å². The average Bonchev–Trinajstić information content (AvgIpc) is 3.48. The number of hydrogen-bond donors (Lipinski definition) is 1. The summed E-state index contributed by atoms with van der Waals surface area (Å²) in [4.78, 5) is 28.2. The predicted octanol–water partition coefficient (Wildman–Crippen LogP) is 4.01. The van der Waals surface area contributed by atoms with E-state index in [1.807, 2.05) is 6.08 Å². The summed E-state index contributed by atoms with van der Waals surface area (Å²) < 4.78 is 40.4. The van der Waals surface area contributed by atoms with Crippen LogP contribution in [0.15, 0.2) is 50.9 Å². The number of benzene rings is 1. The van der Waals surface area contributed by atoms with Crippen LogP contribution in [0.2, 0.25) is 0 Å². The molecule has 0 aromatic heterocycles. The quantitative estimate of drug-likeness (QED) is 0.719. The summed E-state index contributed by atoms with van der Waals surface area (Å²) in [6, 6.07) is 5.61. The number of alkyl halides is 3. The largest absolute Gasteiger partial charge is 0.416 e. The zero-order valence-electron chi connectivity index (χ0n) is 18.7. The molecule has 6 nitrogen and oxygen atoms in total. The van der Waals surface area contributed by atoms with Crippen molar-refractivity contribution in [2.75, 3.05) is 19.7 Å². The Kier molecular flexibility index (Phi) is 6.14. The van der Waals surface area contributed by atoms with E-state index in [0.717, 1.165) is 18.1 Å². The molecule has 1 aromatic carbocycles. The van der Waals surface area contributed by atoms with Gasteiger partial charge in [0.15, 0.2) is 5.84 Å². The summed E-state index contributed by atoms with van der Waals surface area (Å²) in [5.41, 5.74) is 0.769. The predicted molar refractivity (Wildman–Crippen MR) is 123 cm³/mol. The van der Waals surface area contributed by atoms with Crippen molar-refractivity contribution in [3.63, 3.8) is 0 Å². The van der Waals surface area contributed by atoms with Gasteiger partial charge in [0.2, 0.25) is 5.84 Å². The van der Waals surface area contributed by atoms with Gasteiger partial charge in [-0.3, -0.25) is 9.79 Å². The Balaban J connectivity index is 1.24. The van der Waals surface area contributed by atoms with Crippen LogP contribution in [0.3, 0.4) is 0 Å². The maximum absolute atomic E-state index is 13.5. The molecule has 1 saturated heterocycles. The van der Waals surface area contributed by atoms with Crippen molar-refractivity contribution in [1.82, 2.24) is 4.90 Å². The van der Waals surface area contributed by atoms with Crippen molar-refractivity contribution in [3.05, 3.63) is 47.0 Å². The van der Waals surface area contributed by atoms with Gasteiger partial charge in [-0.15, -0.1) is 0 Å². The van der Waals surface area contributed by atoms with E-state index in [1.165, 1.54) is 6.07 Å². The van der Waals surface area contributed by atoms with Crippen LogP contribution in [0.5, 0.6) is 0 Å². The first-order chi connectivity index (χ1) is 16.3. The number of aliphatic hydroxyl groups excluding tert-OH is 1. The lowest BCUT2D eigenvalue weighted by atomic mass is 9.91. The van der Waals surface area contributed by atoms with Gasteiger partial charge in [0.1, 0.15) is 6.04 Å². The SMILES string of the molecule is O=C(C1=NC2CC/C=C(/CCO)C=NC2=N1)N1C[C@H]2CC(c3ccccc3C(F)(F)F)C[C@H]2C1. The highest BCUT2D eigenvalue weighted by molar-refractivity contribution is 6.41. The fourth-order valence-corrected chi connectivity index (χ4v) is 5.73. The molecule has 180 valence electrons. The third-order valence-corrected chi connectivity index (χ3v) is 7.34. The zero-order valence-corrected chi connectivity index (χ0v) is 18.7. The molecule has 1 aromatic rings. The Bertz CT molecular complexity index is 1080. The number of aliphatic hydroxyl groups is 1. The molecule has 1 N–H and O–H groups in total. The standard InChI is InChI=1S/C25H27F3N4O2/c26-25(27,28)20-6-2-1-5-19(20)16-10-17-13-32(14-18(17)11-16)24(34)23-30-21-7-3-4-15(8-9-33)12-29-22(21)31-23/h1-2,4-6,12,16-18,21,33H,3,7-11,13-14H2/b15-4-,29-12?/t16?,17-,18+,21?. The van der Waals surface area contributed by atoms with Crippen molar-refractivity contribution in [1.29, 1.82) is 0 Å². The van der Waals surface area contributed by atoms with E-state index in [2.05, 4.69) is 15.0 Å². The molecule has 4 aliphatic rings. The molecule has 1 amide bonds. The molecule has 0 spiro atoms. The number of carbonyl (C=O) groups is 1. The second kappa shape index (κ2) is 9.09. The summed E-state index contributed by atoms with van der Waals surface area (Å²) in [5, 5.41) is 9.15. The van der Waals surface area contributed by atoms with Crippen molar-refractivity contribution >= 4 is 23.8 Å². The molecule has 0 radical (unpaired) electrons. The van der Waals surface area contributed by atoms with E-state index in [9.17, 15) is 18.0 Å². The van der Waals surface area contributed by atoms with E-state index in [4.69, 9.17) is 5.11 Å². The Morgan fingerprint density at radius 2 is 1.88 bits per heavy atom. The maximum Gasteiger partial charge on any atom is 0.416 e. The minimum Gasteiger partial charge on any atom is -0.396 e. The lowest BCUT2D eigenvalue weighted by Crippen LogP contribution is -2.34. The van der Waals surface area contributed by atoms with Crippen molar-refractivity contribution in [3.8, 4) is 0 Å². The number of allylic oxidation sites excluding steroid dienone is 1. The molecule has 4 atom stereocenters. The van der Waals surface area contributed by atoms with Crippen molar-refractivity contribution in [2.24, 2.45) is 26.8 Å². The summed E-state index contributed by atoms with van der Waals surface area (Å²) >= 11 is 0. The molecule has 9 heteroatoms. The Morgan fingerprint density at radius 1 is 1.15 bits per heavy atom. The van der Waals surface area contributed by atoms with Crippen LogP contribution >= 0.6 is 0 Å². The lowest BCUT2D eigenvalue weighted by molar-refractivity contribution is -0.138. The third kappa shape index (κ3) is 4.45. The molecule has 1 aliphatic carbocycles. The van der Waals surface area contributed by atoms with Crippen LogP contribution in [-0.4, -0.2) is 59.5 Å². The molecular formula is C25H27F3N4O2. The molecule has 2 fully saturated rings. The van der Waals surface area contributed by atoms with Crippen molar-refractivity contribution in [2.45, 2.75) is 50.2 Å². The summed E-state index contributed by atoms with van der Waals surface area (Å²) in [7, 11) is 0. The van der Waals surface area contributed by atoms with Gasteiger partial charge in [-0.05, 0) is 67.1 Å². The van der Waals surface area contributed by atoms with Gasteiger partial charge in [-0.1, -0.05) is 24.3 Å². The van der Waals surface area contributed by atoms with Crippen LogP contribution in [0.25, 0.3) is 0 Å². The van der Waals surface area contributed by atoms with E-state index in [0.29, 0.717) is 50.2 Å². The van der Waals surface area contributed by atoms with Crippen LogP contribution in [0.1, 0.15) is 49.1 Å². The summed E-state index contributed by atoms with van der Waals surface area (Å²) in [6.07, 6.45) is 2.65. The number of rotatable bonds is 4. The second-order valence-corrected chi connectivity index (χ2v) is 9.51. The molecule has 3 aliphatic heterocycles. The number of likely N-dealkylation sites (tertiary alicyclic amines) is 1. The normalized spacial score (nSPS) is 30.1. The zero-order chi connectivity index (χ0) is 23.9. The topological polar surface area (TPSA) is 77.6 Å². The molecule has 1 saturated carbocycles. The first kappa shape index (κ1) is 23.0. The Hall–Kier alpha value is -2.81. The lowest BCUT2D eigenvalue weighted by Gasteiger charge is -2.21. The fourth-order valence-electron chi connectivity index (χ4n) is 5.73. The minimum absolute atomic E-state index is 0.0495. The average molecular weight is 473 g/mol. The first-order valence-corrected chi connectivity index (χ1v) is 11.8. The van der Waals surface area contributed by atoms with Crippen LogP contribution in [0.4, 0.5) is 13.2 Å².